The van der Waals surface area contributed by atoms with Crippen molar-refractivity contribution < 1.29 is 19.5 Å². The van der Waals surface area contributed by atoms with Gasteiger partial charge in [0.2, 0.25) is 11.8 Å². The molecule has 2 amide bonds. The van der Waals surface area contributed by atoms with Crippen LogP contribution in [-0.2, 0) is 9.59 Å². The Hall–Kier alpha value is -2.64. The molecule has 0 aliphatic carbocycles. The number of nitrogen functional groups attached to an aromatic ring is 1. The van der Waals surface area contributed by atoms with E-state index in [0.29, 0.717) is 0 Å². The number of carbonyl (C=O) groups excluding carboxylic acids is 2. The van der Waals surface area contributed by atoms with Crippen LogP contribution in [0.5, 0.6) is 0 Å². The maximum atomic E-state index is 11.6. The molecule has 1 aliphatic heterocycles. The third kappa shape index (κ3) is 2.32. The van der Waals surface area contributed by atoms with Crippen LogP contribution in [0.4, 0.5) is 11.5 Å². The summed E-state index contributed by atoms with van der Waals surface area (Å²) < 4.78 is 0. The second kappa shape index (κ2) is 4.56. The van der Waals surface area contributed by atoms with E-state index < -0.39 is 23.8 Å². The number of amides is 2. The lowest BCUT2D eigenvalue weighted by atomic mass is 10.1. The third-order valence-corrected chi connectivity index (χ3v) is 2.81. The summed E-state index contributed by atoms with van der Waals surface area (Å²) in [6.07, 6.45) is 1.28. The van der Waals surface area contributed by atoms with E-state index in [2.05, 4.69) is 10.3 Å². The van der Waals surface area contributed by atoms with Crippen LogP contribution < -0.4 is 16.0 Å². The van der Waals surface area contributed by atoms with E-state index in [4.69, 9.17) is 10.8 Å². The van der Waals surface area contributed by atoms with Crippen molar-refractivity contribution in [2.75, 3.05) is 17.2 Å². The van der Waals surface area contributed by atoms with Gasteiger partial charge in [0.05, 0.1) is 18.4 Å². The Morgan fingerprint density at radius 3 is 2.89 bits per heavy atom. The fourth-order valence-corrected chi connectivity index (χ4v) is 1.83. The van der Waals surface area contributed by atoms with Gasteiger partial charge < -0.3 is 15.7 Å². The third-order valence-electron chi connectivity index (χ3n) is 2.81. The number of nitrogens with zero attached hydrogens (tertiary/aromatic N) is 2. The summed E-state index contributed by atoms with van der Waals surface area (Å²) in [5, 5.41) is 11.3. The fraction of sp³-hybridized carbons (Fsp3) is 0.273. The molecular formula is C11H12N4O4. The normalized spacial score (nSPS) is 19.2. The molecule has 2 heterocycles. The summed E-state index contributed by atoms with van der Waals surface area (Å²) in [7, 11) is 0. The molecule has 8 heteroatoms. The number of aromatic nitrogens is 1. The molecule has 100 valence electrons. The lowest BCUT2D eigenvalue weighted by molar-refractivity contribution is -0.132. The van der Waals surface area contributed by atoms with E-state index in [1.807, 2.05) is 0 Å². The number of anilines is 2. The quantitative estimate of drug-likeness (QED) is 0.598. The first-order chi connectivity index (χ1) is 8.90. The molecule has 1 aromatic heterocycles. The zero-order valence-corrected chi connectivity index (χ0v) is 10.1. The van der Waals surface area contributed by atoms with E-state index in [1.165, 1.54) is 17.2 Å². The van der Waals surface area contributed by atoms with Crippen LogP contribution in [0.1, 0.15) is 17.3 Å². The number of hydrogen-bond donors (Lipinski definition) is 3. The van der Waals surface area contributed by atoms with Crippen molar-refractivity contribution in [1.29, 1.82) is 0 Å². The standard InChI is InChI=1S/C11H12N4O4/c1-5-10(17)14-8(16)4-15(5)9-7(11(18)19)2-6(12)3-13-9/h2-3,5H,4,12H2,1H3,(H,18,19)(H,14,16,17). The van der Waals surface area contributed by atoms with Gasteiger partial charge in [0, 0.05) is 0 Å². The number of nitrogens with one attached hydrogen (secondary N) is 1. The SMILES string of the molecule is CC1C(=O)NC(=O)CN1c1ncc(N)cc1C(=O)O. The smallest absolute Gasteiger partial charge is 0.339 e. The number of carboxylic acid groups (broad SMARTS) is 1. The summed E-state index contributed by atoms with van der Waals surface area (Å²) in [6, 6.07) is 0.556. The van der Waals surface area contributed by atoms with E-state index in [1.54, 1.807) is 6.92 Å². The Kier molecular flexibility index (Phi) is 3.07. The van der Waals surface area contributed by atoms with Gasteiger partial charge in [-0.05, 0) is 13.0 Å². The fourth-order valence-electron chi connectivity index (χ4n) is 1.83. The number of hydrogen-bond acceptors (Lipinski definition) is 6. The number of rotatable bonds is 2. The van der Waals surface area contributed by atoms with Gasteiger partial charge >= 0.3 is 5.97 Å². The molecule has 4 N–H and O–H groups in total. The van der Waals surface area contributed by atoms with E-state index in [9.17, 15) is 14.4 Å². The molecule has 1 aromatic rings. The largest absolute Gasteiger partial charge is 0.478 e. The number of carbonyl (C=O) groups is 3. The Morgan fingerprint density at radius 1 is 1.58 bits per heavy atom. The minimum atomic E-state index is -1.22. The van der Waals surface area contributed by atoms with Crippen LogP contribution >= 0.6 is 0 Å². The van der Waals surface area contributed by atoms with Gasteiger partial charge in [-0.1, -0.05) is 0 Å². The van der Waals surface area contributed by atoms with Crippen LogP contribution in [0.2, 0.25) is 0 Å². The van der Waals surface area contributed by atoms with Gasteiger partial charge in [-0.25, -0.2) is 9.78 Å². The lowest BCUT2D eigenvalue weighted by Gasteiger charge is -2.33. The molecule has 2 rings (SSSR count). The van der Waals surface area contributed by atoms with Crippen molar-refractivity contribution in [3.63, 3.8) is 0 Å². The Bertz CT molecular complexity index is 572. The van der Waals surface area contributed by atoms with Gasteiger partial charge in [-0.2, -0.15) is 0 Å². The molecule has 1 unspecified atom stereocenters. The summed E-state index contributed by atoms with van der Waals surface area (Å²) in [5.41, 5.74) is 5.55. The minimum Gasteiger partial charge on any atom is -0.478 e. The van der Waals surface area contributed by atoms with Gasteiger partial charge in [-0.15, -0.1) is 0 Å². The molecule has 19 heavy (non-hydrogen) atoms. The predicted molar refractivity (Wildman–Crippen MR) is 65.6 cm³/mol. The average molecular weight is 264 g/mol. The van der Waals surface area contributed by atoms with E-state index >= 15 is 0 Å². The number of pyridine rings is 1. The second-order valence-electron chi connectivity index (χ2n) is 4.16. The molecule has 1 atom stereocenters. The first-order valence-electron chi connectivity index (χ1n) is 5.49. The molecule has 1 fully saturated rings. The van der Waals surface area contributed by atoms with Crippen molar-refractivity contribution in [1.82, 2.24) is 10.3 Å². The second-order valence-corrected chi connectivity index (χ2v) is 4.16. The highest BCUT2D eigenvalue weighted by Gasteiger charge is 2.33. The van der Waals surface area contributed by atoms with Crippen LogP contribution in [0.25, 0.3) is 0 Å². The maximum Gasteiger partial charge on any atom is 0.339 e. The first-order valence-corrected chi connectivity index (χ1v) is 5.49. The Balaban J connectivity index is 2.48. The van der Waals surface area contributed by atoms with Gasteiger partial charge in [0.25, 0.3) is 0 Å². The van der Waals surface area contributed by atoms with Crippen molar-refractivity contribution >= 4 is 29.3 Å². The number of carboxylic acids is 1. The number of imide groups is 1. The van der Waals surface area contributed by atoms with Crippen LogP contribution in [0.15, 0.2) is 12.3 Å². The van der Waals surface area contributed by atoms with Crippen molar-refractivity contribution in [2.24, 2.45) is 0 Å². The Morgan fingerprint density at radius 2 is 2.26 bits per heavy atom. The molecule has 0 saturated carbocycles. The van der Waals surface area contributed by atoms with Crippen LogP contribution in [0, 0.1) is 0 Å². The first kappa shape index (κ1) is 12.8. The van der Waals surface area contributed by atoms with Gasteiger partial charge in [-0.3, -0.25) is 14.9 Å². The summed E-state index contributed by atoms with van der Waals surface area (Å²) >= 11 is 0. The average Bonchev–Trinajstić information content (AvgIpc) is 2.34. The highest BCUT2D eigenvalue weighted by molar-refractivity contribution is 6.05. The molecule has 0 bridgehead atoms. The van der Waals surface area contributed by atoms with Gasteiger partial charge in [0.1, 0.15) is 17.4 Å². The predicted octanol–water partition coefficient (Wildman–Crippen LogP) is -0.787. The molecular weight excluding hydrogens is 252 g/mol. The number of piperazine rings is 1. The van der Waals surface area contributed by atoms with Gasteiger partial charge in [0.15, 0.2) is 0 Å². The Labute approximate surface area is 108 Å². The van der Waals surface area contributed by atoms with Crippen LogP contribution in [-0.4, -0.2) is 40.5 Å². The maximum absolute atomic E-state index is 11.6. The molecule has 0 radical (unpaired) electrons. The molecule has 0 spiro atoms. The molecule has 8 nitrogen and oxygen atoms in total. The summed E-state index contributed by atoms with van der Waals surface area (Å²) in [4.78, 5) is 39.4. The van der Waals surface area contributed by atoms with Crippen molar-refractivity contribution in [3.8, 4) is 0 Å². The van der Waals surface area contributed by atoms with E-state index in [-0.39, 0.29) is 23.6 Å². The number of nitrogens with two attached hydrogens (primary N) is 1. The lowest BCUT2D eigenvalue weighted by Crippen LogP contribution is -2.57. The van der Waals surface area contributed by atoms with Crippen LogP contribution in [0.3, 0.4) is 0 Å². The minimum absolute atomic E-state index is 0.0531. The summed E-state index contributed by atoms with van der Waals surface area (Å²) in [6.45, 7) is 1.43. The van der Waals surface area contributed by atoms with Crippen molar-refractivity contribution in [3.05, 3.63) is 17.8 Å². The summed E-state index contributed by atoms with van der Waals surface area (Å²) in [5.74, 6) is -2.16. The topological polar surface area (TPSA) is 126 Å². The monoisotopic (exact) mass is 264 g/mol. The zero-order valence-electron chi connectivity index (χ0n) is 10.1. The highest BCUT2D eigenvalue weighted by atomic mass is 16.4. The zero-order chi connectivity index (χ0) is 14.2. The molecule has 1 saturated heterocycles. The number of aromatic carboxylic acids is 1. The molecule has 0 aromatic carbocycles. The molecule has 1 aliphatic rings. The van der Waals surface area contributed by atoms with Crippen molar-refractivity contribution in [2.45, 2.75) is 13.0 Å². The van der Waals surface area contributed by atoms with E-state index in [0.717, 1.165) is 0 Å². The highest BCUT2D eigenvalue weighted by Crippen LogP contribution is 2.23.